The number of carbonyl (C=O) groups is 1. The standard InChI is InChI=1S/C13H10O5/c1-7-9-3-2-8(14)6-11(9)18-13(17)10(7)4-5-12(15)16/h2-6,14H,1H3,(H,15,16). The van der Waals surface area contributed by atoms with Gasteiger partial charge >= 0.3 is 11.6 Å². The van der Waals surface area contributed by atoms with E-state index in [1.807, 2.05) is 0 Å². The SMILES string of the molecule is Cc1c(C=CC(=O)O)c(=O)oc2cc(O)ccc12. The predicted octanol–water partition coefficient (Wildman–Crippen LogP) is 1.90. The van der Waals surface area contributed by atoms with Crippen LogP contribution >= 0.6 is 0 Å². The maximum absolute atomic E-state index is 11.7. The van der Waals surface area contributed by atoms with Crippen molar-refractivity contribution >= 4 is 23.0 Å². The Kier molecular flexibility index (Phi) is 2.89. The van der Waals surface area contributed by atoms with E-state index in [9.17, 15) is 14.7 Å². The first kappa shape index (κ1) is 11.9. The molecule has 0 amide bonds. The van der Waals surface area contributed by atoms with E-state index in [-0.39, 0.29) is 16.9 Å². The molecule has 0 spiro atoms. The van der Waals surface area contributed by atoms with Crippen LogP contribution in [-0.4, -0.2) is 16.2 Å². The molecule has 2 aromatic rings. The smallest absolute Gasteiger partial charge is 0.343 e. The number of benzene rings is 1. The lowest BCUT2D eigenvalue weighted by molar-refractivity contribution is -0.131. The molecule has 0 aliphatic rings. The third-order valence-electron chi connectivity index (χ3n) is 2.59. The fourth-order valence-corrected chi connectivity index (χ4v) is 1.71. The third kappa shape index (κ3) is 2.10. The molecule has 0 atom stereocenters. The zero-order valence-electron chi connectivity index (χ0n) is 9.51. The van der Waals surface area contributed by atoms with Gasteiger partial charge in [-0.1, -0.05) is 0 Å². The average molecular weight is 246 g/mol. The molecule has 1 aromatic heterocycles. The lowest BCUT2D eigenvalue weighted by Gasteiger charge is -2.04. The van der Waals surface area contributed by atoms with Gasteiger partial charge in [0.1, 0.15) is 11.3 Å². The summed E-state index contributed by atoms with van der Waals surface area (Å²) in [7, 11) is 0. The highest BCUT2D eigenvalue weighted by Crippen LogP contribution is 2.23. The van der Waals surface area contributed by atoms with Crippen molar-refractivity contribution in [2.24, 2.45) is 0 Å². The van der Waals surface area contributed by atoms with E-state index in [0.29, 0.717) is 10.9 Å². The number of carboxylic acids is 1. The van der Waals surface area contributed by atoms with Crippen LogP contribution in [0.5, 0.6) is 5.75 Å². The first-order valence-corrected chi connectivity index (χ1v) is 5.16. The van der Waals surface area contributed by atoms with Crippen LogP contribution in [0.3, 0.4) is 0 Å². The van der Waals surface area contributed by atoms with Gasteiger partial charge in [0.05, 0.1) is 5.56 Å². The molecule has 0 radical (unpaired) electrons. The van der Waals surface area contributed by atoms with Crippen LogP contribution in [0.4, 0.5) is 0 Å². The Morgan fingerprint density at radius 2 is 2.11 bits per heavy atom. The third-order valence-corrected chi connectivity index (χ3v) is 2.59. The van der Waals surface area contributed by atoms with Gasteiger partial charge in [-0.15, -0.1) is 0 Å². The lowest BCUT2D eigenvalue weighted by Crippen LogP contribution is -2.06. The van der Waals surface area contributed by atoms with Gasteiger partial charge in [-0.05, 0) is 30.7 Å². The fraction of sp³-hybridized carbons (Fsp3) is 0.0769. The summed E-state index contributed by atoms with van der Waals surface area (Å²) in [5.41, 5.74) is 0.433. The minimum atomic E-state index is -1.14. The van der Waals surface area contributed by atoms with Crippen LogP contribution < -0.4 is 5.63 Å². The fourth-order valence-electron chi connectivity index (χ4n) is 1.71. The van der Waals surface area contributed by atoms with E-state index in [4.69, 9.17) is 9.52 Å². The maximum atomic E-state index is 11.7. The van der Waals surface area contributed by atoms with Crippen molar-refractivity contribution in [1.29, 1.82) is 0 Å². The minimum Gasteiger partial charge on any atom is -0.508 e. The molecule has 0 aliphatic carbocycles. The van der Waals surface area contributed by atoms with Gasteiger partial charge in [0.2, 0.25) is 0 Å². The Morgan fingerprint density at radius 1 is 1.39 bits per heavy atom. The Balaban J connectivity index is 2.73. The molecule has 0 aliphatic heterocycles. The summed E-state index contributed by atoms with van der Waals surface area (Å²) in [6.07, 6.45) is 2.08. The van der Waals surface area contributed by atoms with Crippen LogP contribution in [0, 0.1) is 6.92 Å². The van der Waals surface area contributed by atoms with Crippen LogP contribution in [0.2, 0.25) is 0 Å². The summed E-state index contributed by atoms with van der Waals surface area (Å²) in [6.45, 7) is 1.69. The molecule has 0 fully saturated rings. The highest BCUT2D eigenvalue weighted by Gasteiger charge is 2.09. The van der Waals surface area contributed by atoms with Crippen molar-refractivity contribution in [1.82, 2.24) is 0 Å². The zero-order valence-corrected chi connectivity index (χ0v) is 9.51. The van der Waals surface area contributed by atoms with Gasteiger partial charge in [0.15, 0.2) is 0 Å². The Bertz CT molecular complexity index is 709. The second-order valence-electron chi connectivity index (χ2n) is 3.78. The summed E-state index contributed by atoms with van der Waals surface area (Å²) >= 11 is 0. The predicted molar refractivity (Wildman–Crippen MR) is 65.6 cm³/mol. The number of phenols is 1. The van der Waals surface area contributed by atoms with Gasteiger partial charge < -0.3 is 14.6 Å². The lowest BCUT2D eigenvalue weighted by atomic mass is 10.1. The van der Waals surface area contributed by atoms with E-state index >= 15 is 0 Å². The molecule has 92 valence electrons. The first-order valence-electron chi connectivity index (χ1n) is 5.16. The number of hydrogen-bond acceptors (Lipinski definition) is 4. The minimum absolute atomic E-state index is 0.00104. The van der Waals surface area contributed by atoms with E-state index in [0.717, 1.165) is 6.08 Å². The highest BCUT2D eigenvalue weighted by molar-refractivity contribution is 5.88. The van der Waals surface area contributed by atoms with Crippen molar-refractivity contribution in [2.75, 3.05) is 0 Å². The molecule has 0 saturated heterocycles. The van der Waals surface area contributed by atoms with Crippen molar-refractivity contribution < 1.29 is 19.4 Å². The van der Waals surface area contributed by atoms with E-state index in [2.05, 4.69) is 0 Å². The molecular weight excluding hydrogens is 236 g/mol. The number of phenolic OH excluding ortho intramolecular Hbond substituents is 1. The summed E-state index contributed by atoms with van der Waals surface area (Å²) < 4.78 is 5.03. The Morgan fingerprint density at radius 3 is 2.78 bits per heavy atom. The van der Waals surface area contributed by atoms with Gasteiger partial charge in [0.25, 0.3) is 0 Å². The first-order chi connectivity index (χ1) is 8.49. The van der Waals surface area contributed by atoms with Gasteiger partial charge in [-0.2, -0.15) is 0 Å². The topological polar surface area (TPSA) is 87.7 Å². The van der Waals surface area contributed by atoms with Crippen molar-refractivity contribution in [3.63, 3.8) is 0 Å². The summed E-state index contributed by atoms with van der Waals surface area (Å²) in [5.74, 6) is -1.14. The molecule has 2 N–H and O–H groups in total. The Hall–Kier alpha value is -2.56. The number of rotatable bonds is 2. The maximum Gasteiger partial charge on any atom is 0.343 e. The highest BCUT2D eigenvalue weighted by atomic mass is 16.4. The molecule has 2 rings (SSSR count). The molecule has 1 aromatic carbocycles. The quantitative estimate of drug-likeness (QED) is 0.624. The molecule has 1 heterocycles. The van der Waals surface area contributed by atoms with Crippen molar-refractivity contribution in [3.05, 3.63) is 45.8 Å². The van der Waals surface area contributed by atoms with Crippen LogP contribution in [0.25, 0.3) is 17.0 Å². The molecule has 0 saturated carbocycles. The second kappa shape index (κ2) is 4.37. The number of carboxylic acid groups (broad SMARTS) is 1. The van der Waals surface area contributed by atoms with Gasteiger partial charge in [0, 0.05) is 17.5 Å². The number of aromatic hydroxyl groups is 1. The molecule has 5 nitrogen and oxygen atoms in total. The number of aliphatic carboxylic acids is 1. The Labute approximate surface area is 102 Å². The van der Waals surface area contributed by atoms with Crippen LogP contribution in [0.1, 0.15) is 11.1 Å². The molecule has 0 bridgehead atoms. The normalized spacial score (nSPS) is 11.2. The largest absolute Gasteiger partial charge is 0.508 e. The summed E-state index contributed by atoms with van der Waals surface area (Å²) in [5, 5.41) is 18.5. The average Bonchev–Trinajstić information content (AvgIpc) is 2.27. The summed E-state index contributed by atoms with van der Waals surface area (Å²) in [4.78, 5) is 22.1. The van der Waals surface area contributed by atoms with Crippen LogP contribution in [0.15, 0.2) is 33.5 Å². The number of aryl methyl sites for hydroxylation is 1. The molecule has 0 unspecified atom stereocenters. The second-order valence-corrected chi connectivity index (χ2v) is 3.78. The van der Waals surface area contributed by atoms with Crippen LogP contribution in [-0.2, 0) is 4.79 Å². The van der Waals surface area contributed by atoms with Gasteiger partial charge in [-0.25, -0.2) is 9.59 Å². The monoisotopic (exact) mass is 246 g/mol. The van der Waals surface area contributed by atoms with E-state index in [1.54, 1.807) is 13.0 Å². The van der Waals surface area contributed by atoms with E-state index in [1.165, 1.54) is 18.2 Å². The molecule has 5 heteroatoms. The van der Waals surface area contributed by atoms with E-state index < -0.39 is 11.6 Å². The zero-order chi connectivity index (χ0) is 13.3. The van der Waals surface area contributed by atoms with Gasteiger partial charge in [-0.3, -0.25) is 0 Å². The van der Waals surface area contributed by atoms with Crippen molar-refractivity contribution in [2.45, 2.75) is 6.92 Å². The number of fused-ring (bicyclic) bond motifs is 1. The van der Waals surface area contributed by atoms with Crippen molar-refractivity contribution in [3.8, 4) is 5.75 Å². The molecule has 18 heavy (non-hydrogen) atoms. The summed E-state index contributed by atoms with van der Waals surface area (Å²) in [6, 6.07) is 4.43. The molecular formula is C13H10O5. The number of hydrogen-bond donors (Lipinski definition) is 2.